The van der Waals surface area contributed by atoms with Gasteiger partial charge >= 0.3 is 5.97 Å². The van der Waals surface area contributed by atoms with Crippen LogP contribution in [0.25, 0.3) is 11.1 Å². The predicted octanol–water partition coefficient (Wildman–Crippen LogP) is 5.59. The second-order valence-corrected chi connectivity index (χ2v) is 8.92. The van der Waals surface area contributed by atoms with Gasteiger partial charge in [-0.1, -0.05) is 49.7 Å². The third-order valence-electron chi connectivity index (χ3n) is 5.93. The first kappa shape index (κ1) is 27.1. The summed E-state index contributed by atoms with van der Waals surface area (Å²) in [5.41, 5.74) is 4.03. The molecule has 4 aromatic rings. The van der Waals surface area contributed by atoms with Crippen molar-refractivity contribution in [2.24, 2.45) is 0 Å². The normalized spacial score (nSPS) is 10.5. The minimum Gasteiger partial charge on any atom is -0.508 e. The molecule has 0 aliphatic carbocycles. The summed E-state index contributed by atoms with van der Waals surface area (Å²) in [5, 5.41) is 15.2. The molecule has 0 saturated carbocycles. The molecule has 2 amide bonds. The molecule has 0 spiro atoms. The molecule has 3 aromatic carbocycles. The van der Waals surface area contributed by atoms with Crippen LogP contribution in [0.5, 0.6) is 5.75 Å². The maximum atomic E-state index is 12.8. The maximum Gasteiger partial charge on any atom is 0.339 e. The number of aromatic hydroxyl groups is 1. The van der Waals surface area contributed by atoms with Crippen molar-refractivity contribution in [3.63, 3.8) is 0 Å². The third-order valence-corrected chi connectivity index (χ3v) is 5.93. The van der Waals surface area contributed by atoms with Gasteiger partial charge in [0.05, 0.1) is 17.7 Å². The van der Waals surface area contributed by atoms with Crippen LogP contribution in [0.15, 0.2) is 91.3 Å². The van der Waals surface area contributed by atoms with Crippen molar-refractivity contribution in [2.45, 2.75) is 26.3 Å². The largest absolute Gasteiger partial charge is 0.508 e. The minimum atomic E-state index is -0.517. The van der Waals surface area contributed by atoms with Crippen molar-refractivity contribution in [2.75, 3.05) is 11.9 Å². The van der Waals surface area contributed by atoms with Crippen LogP contribution in [0.1, 0.15) is 56.4 Å². The molecule has 0 radical (unpaired) electrons. The molecule has 3 N–H and O–H groups in total. The van der Waals surface area contributed by atoms with Gasteiger partial charge < -0.3 is 20.5 Å². The number of hydrogen-bond acceptors (Lipinski definition) is 6. The molecule has 8 nitrogen and oxygen atoms in total. The monoisotopic (exact) mass is 523 g/mol. The van der Waals surface area contributed by atoms with Crippen molar-refractivity contribution < 1.29 is 24.2 Å². The van der Waals surface area contributed by atoms with E-state index in [-0.39, 0.29) is 29.3 Å². The summed E-state index contributed by atoms with van der Waals surface area (Å²) in [6.45, 7) is 2.58. The number of esters is 1. The number of phenolic OH excluding ortho intramolecular Hbond substituents is 1. The van der Waals surface area contributed by atoms with Crippen LogP contribution in [0, 0.1) is 0 Å². The first-order valence-electron chi connectivity index (χ1n) is 12.6. The first-order chi connectivity index (χ1) is 18.9. The van der Waals surface area contributed by atoms with Gasteiger partial charge in [-0.15, -0.1) is 0 Å². The summed E-state index contributed by atoms with van der Waals surface area (Å²) in [6.07, 6.45) is 4.43. The van der Waals surface area contributed by atoms with Crippen molar-refractivity contribution in [1.82, 2.24) is 10.3 Å². The van der Waals surface area contributed by atoms with E-state index in [0.29, 0.717) is 17.9 Å². The van der Waals surface area contributed by atoms with E-state index in [9.17, 15) is 19.5 Å². The number of phenols is 1. The van der Waals surface area contributed by atoms with Crippen LogP contribution in [-0.2, 0) is 11.3 Å². The highest BCUT2D eigenvalue weighted by Crippen LogP contribution is 2.23. The Bertz CT molecular complexity index is 1470. The maximum absolute atomic E-state index is 12.8. The molecule has 0 unspecified atom stereocenters. The molecule has 198 valence electrons. The number of benzene rings is 3. The number of nitrogens with zero attached hydrogens (tertiary/aromatic N) is 1. The molecular weight excluding hydrogens is 494 g/mol. The fourth-order valence-corrected chi connectivity index (χ4v) is 3.81. The molecular formula is C31H29N3O5. The lowest BCUT2D eigenvalue weighted by atomic mass is 10.0. The standard InChI is InChI=1S/C31H29N3O5/c1-2-3-14-39-31(38)26-17-25(19-32-20-26)30(37)34-27-9-4-6-21(15-27)18-33-29(36)24-8-5-7-23(16-24)22-10-12-28(35)13-11-22/h4-13,15-17,19-20,35H,2-3,14,18H2,1H3,(H,33,36)(H,34,37). The van der Waals surface area contributed by atoms with Crippen LogP contribution in [0.4, 0.5) is 5.69 Å². The van der Waals surface area contributed by atoms with Crippen molar-refractivity contribution in [1.29, 1.82) is 0 Å². The third kappa shape index (κ3) is 7.52. The highest BCUT2D eigenvalue weighted by atomic mass is 16.5. The van der Waals surface area contributed by atoms with Gasteiger partial charge in [0, 0.05) is 30.2 Å². The molecule has 8 heteroatoms. The SMILES string of the molecule is CCCCOC(=O)c1cncc(C(=O)Nc2cccc(CNC(=O)c3cccc(-c4ccc(O)cc4)c3)c2)c1. The van der Waals surface area contributed by atoms with E-state index in [1.54, 1.807) is 54.6 Å². The van der Waals surface area contributed by atoms with Gasteiger partial charge in [-0.2, -0.15) is 0 Å². The Balaban J connectivity index is 1.36. The zero-order valence-corrected chi connectivity index (χ0v) is 21.5. The lowest BCUT2D eigenvalue weighted by Gasteiger charge is -2.10. The zero-order valence-electron chi connectivity index (χ0n) is 21.5. The number of unbranched alkanes of at least 4 members (excludes halogenated alkanes) is 1. The number of pyridine rings is 1. The number of nitrogens with one attached hydrogen (secondary N) is 2. The number of carbonyl (C=O) groups excluding carboxylic acids is 3. The Hall–Kier alpha value is -4.98. The molecule has 0 saturated heterocycles. The lowest BCUT2D eigenvalue weighted by Crippen LogP contribution is -2.23. The number of anilines is 1. The van der Waals surface area contributed by atoms with E-state index in [0.717, 1.165) is 29.5 Å². The molecule has 39 heavy (non-hydrogen) atoms. The fraction of sp³-hybridized carbons (Fsp3) is 0.161. The Morgan fingerprint density at radius 2 is 1.59 bits per heavy atom. The smallest absolute Gasteiger partial charge is 0.339 e. The molecule has 1 aromatic heterocycles. The number of aromatic nitrogens is 1. The summed E-state index contributed by atoms with van der Waals surface area (Å²) in [4.78, 5) is 41.8. The molecule has 0 atom stereocenters. The average molecular weight is 524 g/mol. The number of carbonyl (C=O) groups is 3. The van der Waals surface area contributed by atoms with E-state index < -0.39 is 11.9 Å². The van der Waals surface area contributed by atoms with Crippen LogP contribution in [0.3, 0.4) is 0 Å². The van der Waals surface area contributed by atoms with Crippen molar-refractivity contribution >= 4 is 23.5 Å². The van der Waals surface area contributed by atoms with Gasteiger partial charge in [0.25, 0.3) is 11.8 Å². The summed E-state index contributed by atoms with van der Waals surface area (Å²) in [6, 6.07) is 22.6. The molecule has 0 aliphatic heterocycles. The van der Waals surface area contributed by atoms with Crippen LogP contribution in [-0.4, -0.2) is 34.5 Å². The Kier molecular flexibility index (Phi) is 9.03. The number of rotatable bonds is 10. The Labute approximate surface area is 226 Å². The second kappa shape index (κ2) is 13.0. The number of ether oxygens (including phenoxy) is 1. The van der Waals surface area contributed by atoms with Crippen LogP contribution in [0.2, 0.25) is 0 Å². The number of amides is 2. The van der Waals surface area contributed by atoms with Gasteiger partial charge in [0.1, 0.15) is 5.75 Å². The van der Waals surface area contributed by atoms with Gasteiger partial charge in [-0.05, 0) is 65.6 Å². The fourth-order valence-electron chi connectivity index (χ4n) is 3.81. The van der Waals surface area contributed by atoms with E-state index >= 15 is 0 Å². The van der Waals surface area contributed by atoms with Gasteiger partial charge in [0.2, 0.25) is 0 Å². The van der Waals surface area contributed by atoms with Crippen molar-refractivity contribution in [3.8, 4) is 16.9 Å². The molecule has 0 aliphatic rings. The average Bonchev–Trinajstić information content (AvgIpc) is 2.96. The van der Waals surface area contributed by atoms with Gasteiger partial charge in [-0.3, -0.25) is 14.6 Å². The summed E-state index contributed by atoms with van der Waals surface area (Å²) in [5.74, 6) is -0.993. The van der Waals surface area contributed by atoms with Crippen LogP contribution < -0.4 is 10.6 Å². The van der Waals surface area contributed by atoms with Crippen molar-refractivity contribution in [3.05, 3.63) is 114 Å². The minimum absolute atomic E-state index is 0.179. The molecule has 0 bridgehead atoms. The summed E-state index contributed by atoms with van der Waals surface area (Å²) >= 11 is 0. The van der Waals surface area contributed by atoms with E-state index in [1.165, 1.54) is 18.5 Å². The van der Waals surface area contributed by atoms with Gasteiger partial charge in [-0.25, -0.2) is 4.79 Å². The summed E-state index contributed by atoms with van der Waals surface area (Å²) in [7, 11) is 0. The molecule has 4 rings (SSSR count). The highest BCUT2D eigenvalue weighted by Gasteiger charge is 2.13. The Morgan fingerprint density at radius 1 is 0.821 bits per heavy atom. The van der Waals surface area contributed by atoms with E-state index in [1.807, 2.05) is 25.1 Å². The van der Waals surface area contributed by atoms with Gasteiger partial charge in [0.15, 0.2) is 0 Å². The van der Waals surface area contributed by atoms with E-state index in [4.69, 9.17) is 4.74 Å². The highest BCUT2D eigenvalue weighted by molar-refractivity contribution is 6.05. The number of hydrogen-bond donors (Lipinski definition) is 3. The first-order valence-corrected chi connectivity index (χ1v) is 12.6. The topological polar surface area (TPSA) is 118 Å². The lowest BCUT2D eigenvalue weighted by molar-refractivity contribution is 0.0499. The predicted molar refractivity (Wildman–Crippen MR) is 149 cm³/mol. The quantitative estimate of drug-likeness (QED) is 0.184. The van der Waals surface area contributed by atoms with E-state index in [2.05, 4.69) is 15.6 Å². The van der Waals surface area contributed by atoms with Crippen LogP contribution >= 0.6 is 0 Å². The Morgan fingerprint density at radius 3 is 2.38 bits per heavy atom. The summed E-state index contributed by atoms with van der Waals surface area (Å²) < 4.78 is 5.19. The second-order valence-electron chi connectivity index (χ2n) is 8.92. The molecule has 1 heterocycles. The molecule has 0 fully saturated rings. The zero-order chi connectivity index (χ0) is 27.6.